The summed E-state index contributed by atoms with van der Waals surface area (Å²) < 4.78 is 39.4. The van der Waals surface area contributed by atoms with E-state index in [1.165, 1.54) is 23.1 Å². The van der Waals surface area contributed by atoms with Gasteiger partial charge in [0.15, 0.2) is 0 Å². The molecule has 1 aliphatic heterocycles. The molecular weight excluding hydrogens is 329 g/mol. The first-order valence-electron chi connectivity index (χ1n) is 8.14. The first kappa shape index (κ1) is 17.3. The number of carbonyl (C=O) groups is 1. The number of amides is 1. The maximum absolute atomic E-state index is 13.1. The van der Waals surface area contributed by atoms with Crippen LogP contribution in [0.15, 0.2) is 48.5 Å². The summed E-state index contributed by atoms with van der Waals surface area (Å²) >= 11 is 0. The van der Waals surface area contributed by atoms with Gasteiger partial charge in [0.05, 0.1) is 11.1 Å². The second-order valence-corrected chi connectivity index (χ2v) is 6.11. The van der Waals surface area contributed by atoms with Gasteiger partial charge >= 0.3 is 6.18 Å². The molecule has 25 heavy (non-hydrogen) atoms. The Balaban J connectivity index is 1.74. The molecule has 0 spiro atoms. The Morgan fingerprint density at radius 1 is 0.920 bits per heavy atom. The number of hydrogen-bond donors (Lipinski definition) is 0. The normalized spacial score (nSPS) is 15.4. The largest absolute Gasteiger partial charge is 0.417 e. The van der Waals surface area contributed by atoms with Crippen LogP contribution in [0.3, 0.4) is 0 Å². The second-order valence-electron chi connectivity index (χ2n) is 6.11. The number of halogens is 3. The van der Waals surface area contributed by atoms with E-state index in [9.17, 15) is 18.0 Å². The van der Waals surface area contributed by atoms with E-state index in [1.54, 1.807) is 0 Å². The molecular formula is C19H19F3N2O. The van der Waals surface area contributed by atoms with Crippen molar-refractivity contribution < 1.29 is 18.0 Å². The van der Waals surface area contributed by atoms with E-state index >= 15 is 0 Å². The highest BCUT2D eigenvalue weighted by molar-refractivity contribution is 5.96. The molecule has 1 fully saturated rings. The summed E-state index contributed by atoms with van der Waals surface area (Å²) in [5.74, 6) is -0.558. The van der Waals surface area contributed by atoms with Gasteiger partial charge in [-0.25, -0.2) is 0 Å². The molecule has 0 bridgehead atoms. The Kier molecular flexibility index (Phi) is 4.70. The Morgan fingerprint density at radius 3 is 2.16 bits per heavy atom. The van der Waals surface area contributed by atoms with Crippen LogP contribution in [0.1, 0.15) is 21.5 Å². The third kappa shape index (κ3) is 3.62. The number of nitrogens with zero attached hydrogens (tertiary/aromatic N) is 2. The third-order valence-corrected chi connectivity index (χ3v) is 4.49. The van der Waals surface area contributed by atoms with Gasteiger partial charge in [-0.15, -0.1) is 0 Å². The van der Waals surface area contributed by atoms with E-state index in [2.05, 4.69) is 4.90 Å². The molecule has 0 N–H and O–H groups in total. The summed E-state index contributed by atoms with van der Waals surface area (Å²) in [6, 6.07) is 12.9. The van der Waals surface area contributed by atoms with Crippen LogP contribution in [0.25, 0.3) is 0 Å². The van der Waals surface area contributed by atoms with E-state index in [0.717, 1.165) is 17.3 Å². The Bertz CT molecular complexity index is 765. The van der Waals surface area contributed by atoms with Gasteiger partial charge in [-0.2, -0.15) is 13.2 Å². The van der Waals surface area contributed by atoms with Gasteiger partial charge in [0.1, 0.15) is 0 Å². The smallest absolute Gasteiger partial charge is 0.368 e. The minimum atomic E-state index is -4.53. The highest BCUT2D eigenvalue weighted by Crippen LogP contribution is 2.32. The Labute approximate surface area is 144 Å². The molecule has 0 radical (unpaired) electrons. The minimum absolute atomic E-state index is 0.278. The molecule has 0 atom stereocenters. The highest BCUT2D eigenvalue weighted by atomic mass is 19.4. The van der Waals surface area contributed by atoms with Gasteiger partial charge in [0.2, 0.25) is 0 Å². The summed E-state index contributed by atoms with van der Waals surface area (Å²) in [6.45, 7) is 4.03. The Hall–Kier alpha value is -2.50. The van der Waals surface area contributed by atoms with Crippen LogP contribution in [-0.4, -0.2) is 37.0 Å². The molecule has 0 unspecified atom stereocenters. The van der Waals surface area contributed by atoms with E-state index < -0.39 is 17.6 Å². The highest BCUT2D eigenvalue weighted by Gasteiger charge is 2.36. The van der Waals surface area contributed by atoms with Crippen molar-refractivity contribution in [3.05, 3.63) is 65.2 Å². The van der Waals surface area contributed by atoms with Crippen LogP contribution in [0.2, 0.25) is 0 Å². The van der Waals surface area contributed by atoms with E-state index in [1.807, 2.05) is 31.2 Å². The molecule has 2 aromatic rings. The van der Waals surface area contributed by atoms with Crippen LogP contribution < -0.4 is 4.90 Å². The van der Waals surface area contributed by atoms with Gasteiger partial charge in [0.25, 0.3) is 5.91 Å². The number of rotatable bonds is 2. The second kappa shape index (κ2) is 6.78. The summed E-state index contributed by atoms with van der Waals surface area (Å²) in [6.07, 6.45) is -4.53. The first-order valence-corrected chi connectivity index (χ1v) is 8.14. The molecule has 1 aliphatic rings. The van der Waals surface area contributed by atoms with Crippen LogP contribution in [0, 0.1) is 6.92 Å². The zero-order valence-electron chi connectivity index (χ0n) is 13.9. The number of hydrogen-bond acceptors (Lipinski definition) is 2. The molecule has 0 aliphatic carbocycles. The molecule has 1 heterocycles. The average Bonchev–Trinajstić information content (AvgIpc) is 2.61. The topological polar surface area (TPSA) is 23.6 Å². The van der Waals surface area contributed by atoms with Gasteiger partial charge in [-0.05, 0) is 30.7 Å². The van der Waals surface area contributed by atoms with E-state index in [0.29, 0.717) is 26.2 Å². The number of piperazine rings is 1. The number of carbonyl (C=O) groups excluding carboxylic acids is 1. The molecule has 6 heteroatoms. The van der Waals surface area contributed by atoms with Gasteiger partial charge in [-0.3, -0.25) is 4.79 Å². The van der Waals surface area contributed by atoms with Crippen molar-refractivity contribution in [1.29, 1.82) is 0 Å². The molecule has 1 amide bonds. The van der Waals surface area contributed by atoms with E-state index in [4.69, 9.17) is 0 Å². The summed E-state index contributed by atoms with van der Waals surface area (Å²) in [4.78, 5) is 16.2. The zero-order chi connectivity index (χ0) is 18.0. The van der Waals surface area contributed by atoms with E-state index in [-0.39, 0.29) is 5.56 Å². The van der Waals surface area contributed by atoms with Crippen molar-refractivity contribution in [1.82, 2.24) is 4.90 Å². The number of para-hydroxylation sites is 1. The van der Waals surface area contributed by atoms with Crippen molar-refractivity contribution in [2.45, 2.75) is 13.1 Å². The van der Waals surface area contributed by atoms with Gasteiger partial charge in [0, 0.05) is 31.9 Å². The maximum atomic E-state index is 13.1. The minimum Gasteiger partial charge on any atom is -0.368 e. The molecule has 3 nitrogen and oxygen atoms in total. The predicted octanol–water partition coefficient (Wildman–Crippen LogP) is 3.98. The molecule has 0 aromatic heterocycles. The fourth-order valence-corrected chi connectivity index (χ4v) is 3.16. The fraction of sp³-hybridized carbons (Fsp3) is 0.316. The van der Waals surface area contributed by atoms with Crippen molar-refractivity contribution in [3.8, 4) is 0 Å². The number of alkyl halides is 3. The number of aryl methyl sites for hydroxylation is 1. The Morgan fingerprint density at radius 2 is 1.52 bits per heavy atom. The average molecular weight is 348 g/mol. The van der Waals surface area contributed by atoms with Crippen molar-refractivity contribution >= 4 is 11.6 Å². The lowest BCUT2D eigenvalue weighted by atomic mass is 10.1. The fourth-order valence-electron chi connectivity index (χ4n) is 3.16. The quantitative estimate of drug-likeness (QED) is 0.820. The van der Waals surface area contributed by atoms with Crippen molar-refractivity contribution in [3.63, 3.8) is 0 Å². The van der Waals surface area contributed by atoms with Crippen LogP contribution >= 0.6 is 0 Å². The molecule has 1 saturated heterocycles. The maximum Gasteiger partial charge on any atom is 0.417 e. The standard InChI is InChI=1S/C19H19F3N2O/c1-14-6-2-5-9-17(14)23-10-12-24(13-11-23)18(25)15-7-3-4-8-16(15)19(20,21)22/h2-9H,10-13H2,1H3. The predicted molar refractivity (Wildman–Crippen MR) is 90.7 cm³/mol. The lowest BCUT2D eigenvalue weighted by Gasteiger charge is -2.37. The summed E-state index contributed by atoms with van der Waals surface area (Å²) in [7, 11) is 0. The van der Waals surface area contributed by atoms with Crippen LogP contribution in [-0.2, 0) is 6.18 Å². The van der Waals surface area contributed by atoms with Crippen LogP contribution in [0.4, 0.5) is 18.9 Å². The van der Waals surface area contributed by atoms with Crippen molar-refractivity contribution in [2.24, 2.45) is 0 Å². The monoisotopic (exact) mass is 348 g/mol. The van der Waals surface area contributed by atoms with Gasteiger partial charge < -0.3 is 9.80 Å². The number of anilines is 1. The SMILES string of the molecule is Cc1ccccc1N1CCN(C(=O)c2ccccc2C(F)(F)F)CC1. The van der Waals surface area contributed by atoms with Crippen molar-refractivity contribution in [2.75, 3.05) is 31.1 Å². The van der Waals surface area contributed by atoms with Crippen LogP contribution in [0.5, 0.6) is 0 Å². The lowest BCUT2D eigenvalue weighted by molar-refractivity contribution is -0.138. The summed E-state index contributed by atoms with van der Waals surface area (Å²) in [5.41, 5.74) is 1.09. The molecule has 2 aromatic carbocycles. The first-order chi connectivity index (χ1) is 11.9. The van der Waals surface area contributed by atoms with Gasteiger partial charge in [-0.1, -0.05) is 30.3 Å². The lowest BCUT2D eigenvalue weighted by Crippen LogP contribution is -2.49. The molecule has 3 rings (SSSR count). The third-order valence-electron chi connectivity index (χ3n) is 4.49. The summed E-state index contributed by atoms with van der Waals surface area (Å²) in [5, 5.41) is 0. The zero-order valence-corrected chi connectivity index (χ0v) is 13.9. The molecule has 0 saturated carbocycles. The molecule has 132 valence electrons. The number of benzene rings is 2.